The molecule has 0 bridgehead atoms. The van der Waals surface area contributed by atoms with Crippen LogP contribution in [0.15, 0.2) is 110 Å². The van der Waals surface area contributed by atoms with Gasteiger partial charge in [0.2, 0.25) is 0 Å². The highest BCUT2D eigenvalue weighted by Gasteiger charge is 2.21. The van der Waals surface area contributed by atoms with Crippen LogP contribution in [0.4, 0.5) is 0 Å². The van der Waals surface area contributed by atoms with E-state index >= 15 is 0 Å². The third kappa shape index (κ3) is 26.1. The molecule has 48 heavy (non-hydrogen) atoms. The standard InChI is InChI=1S/C26H43N5.C7H8.C4H10.C2H5N.CH4N2/c1-6-11-26(31-16-10-14-28-15-17-31)25(20-27-5)30-22(3)19-29-23(4)21(2)18-24-12-8-7-9-13-24;1-7-5-3-2-4-6-7;1-4(2)3;1-2-3;2-1-3/h7-9,11-13,21,25,27-30H,3-4,6,10,14-20H2,1-2,5H3;2-6H,1H3;4H,1-3H3;2H,1,3H2;1H,(H3,2,3). The number of nitrogens with one attached hydrogen (secondary N) is 5. The van der Waals surface area contributed by atoms with Crippen LogP contribution in [0.2, 0.25) is 0 Å². The molecule has 0 saturated carbocycles. The van der Waals surface area contributed by atoms with E-state index in [1.165, 1.54) is 29.4 Å². The molecule has 2 aromatic carbocycles. The van der Waals surface area contributed by atoms with E-state index in [9.17, 15) is 0 Å². The molecule has 0 aromatic heterocycles. The quantitative estimate of drug-likeness (QED) is 0.0958. The first-order valence-electron chi connectivity index (χ1n) is 17.3. The van der Waals surface area contributed by atoms with Crippen molar-refractivity contribution in [3.63, 3.8) is 0 Å². The molecule has 2 unspecified atom stereocenters. The van der Waals surface area contributed by atoms with Gasteiger partial charge in [0.25, 0.3) is 0 Å². The van der Waals surface area contributed by atoms with Gasteiger partial charge in [-0.25, -0.2) is 0 Å². The van der Waals surface area contributed by atoms with Crippen molar-refractivity contribution < 1.29 is 0 Å². The number of nitrogens with zero attached hydrogens (tertiary/aromatic N) is 1. The van der Waals surface area contributed by atoms with Gasteiger partial charge in [0.05, 0.1) is 18.9 Å². The second kappa shape index (κ2) is 31.6. The molecule has 1 aliphatic rings. The average molecular weight is 663 g/mol. The molecule has 1 heterocycles. The van der Waals surface area contributed by atoms with Crippen molar-refractivity contribution in [2.45, 2.75) is 66.8 Å². The van der Waals surface area contributed by atoms with Crippen LogP contribution in [-0.4, -0.2) is 63.6 Å². The SMILES string of the molecule is C=C(CNC(=C)C(C)Cc1ccccc1)NC(CNC)C(=CCC)N1CCCNCC1.C=CN.CC(C)C.Cc1ccccc1.N=CN. The lowest BCUT2D eigenvalue weighted by Gasteiger charge is -2.33. The minimum Gasteiger partial charge on any atom is -0.405 e. The summed E-state index contributed by atoms with van der Waals surface area (Å²) in [6, 6.07) is 21.0. The maximum Gasteiger partial charge on any atom is 0.0780 e. The second-order valence-corrected chi connectivity index (χ2v) is 12.2. The second-order valence-electron chi connectivity index (χ2n) is 12.2. The number of hydrogen-bond donors (Lipinski definition) is 7. The van der Waals surface area contributed by atoms with Crippen molar-refractivity contribution in [3.8, 4) is 0 Å². The minimum absolute atomic E-state index is 0.201. The van der Waals surface area contributed by atoms with Gasteiger partial charge in [-0.05, 0) is 63.4 Å². The van der Waals surface area contributed by atoms with Gasteiger partial charge in [0, 0.05) is 43.3 Å². The fourth-order valence-electron chi connectivity index (χ4n) is 4.56. The highest BCUT2D eigenvalue weighted by molar-refractivity contribution is 5.46. The Morgan fingerprint density at radius 2 is 1.52 bits per heavy atom. The normalized spacial score (nSPS) is 13.4. The van der Waals surface area contributed by atoms with Crippen LogP contribution < -0.4 is 32.7 Å². The van der Waals surface area contributed by atoms with Gasteiger partial charge in [-0.3, -0.25) is 5.41 Å². The molecule has 0 radical (unpaired) electrons. The predicted molar refractivity (Wildman–Crippen MR) is 213 cm³/mol. The van der Waals surface area contributed by atoms with Crippen LogP contribution in [0.1, 0.15) is 58.6 Å². The summed E-state index contributed by atoms with van der Waals surface area (Å²) < 4.78 is 0. The zero-order valence-corrected chi connectivity index (χ0v) is 31.3. The summed E-state index contributed by atoms with van der Waals surface area (Å²) in [6.45, 7) is 30.5. The summed E-state index contributed by atoms with van der Waals surface area (Å²) in [5.41, 5.74) is 15.1. The van der Waals surface area contributed by atoms with Gasteiger partial charge in [-0.15, -0.1) is 0 Å². The Hall–Kier alpha value is -4.01. The number of hydrogen-bond acceptors (Lipinski definition) is 7. The molecule has 8 heteroatoms. The zero-order chi connectivity index (χ0) is 36.6. The molecule has 8 nitrogen and oxygen atoms in total. The number of rotatable bonds is 13. The van der Waals surface area contributed by atoms with Crippen molar-refractivity contribution in [2.24, 2.45) is 23.3 Å². The maximum atomic E-state index is 5.86. The van der Waals surface area contributed by atoms with Crippen molar-refractivity contribution in [1.82, 2.24) is 26.2 Å². The largest absolute Gasteiger partial charge is 0.405 e. The maximum absolute atomic E-state index is 5.86. The fourth-order valence-corrected chi connectivity index (χ4v) is 4.56. The summed E-state index contributed by atoms with van der Waals surface area (Å²) in [5.74, 6) is 1.20. The highest BCUT2D eigenvalue weighted by atomic mass is 15.2. The third-order valence-corrected chi connectivity index (χ3v) is 6.71. The fraction of sp³-hybridized carbons (Fsp3) is 0.475. The summed E-state index contributed by atoms with van der Waals surface area (Å²) in [5, 5.41) is 19.9. The molecule has 1 fully saturated rings. The molecule has 3 rings (SSSR count). The Balaban J connectivity index is 0. The van der Waals surface area contributed by atoms with E-state index in [4.69, 9.17) is 5.41 Å². The average Bonchev–Trinajstić information content (AvgIpc) is 3.34. The van der Waals surface area contributed by atoms with Gasteiger partial charge in [-0.1, -0.05) is 127 Å². The summed E-state index contributed by atoms with van der Waals surface area (Å²) in [6.07, 6.45) is 7.55. The van der Waals surface area contributed by atoms with E-state index in [-0.39, 0.29) is 6.04 Å². The van der Waals surface area contributed by atoms with Crippen LogP contribution in [0.5, 0.6) is 0 Å². The molecule has 2 atom stereocenters. The van der Waals surface area contributed by atoms with E-state index in [1.54, 1.807) is 0 Å². The summed E-state index contributed by atoms with van der Waals surface area (Å²) in [7, 11) is 2.01. The Morgan fingerprint density at radius 3 is 2.00 bits per heavy atom. The Bertz CT molecular complexity index is 1080. The van der Waals surface area contributed by atoms with E-state index in [1.807, 2.05) is 25.2 Å². The van der Waals surface area contributed by atoms with Crippen LogP contribution in [0.3, 0.4) is 0 Å². The van der Waals surface area contributed by atoms with Gasteiger partial charge >= 0.3 is 0 Å². The first kappa shape index (κ1) is 46.1. The lowest BCUT2D eigenvalue weighted by molar-refractivity contribution is 0.326. The van der Waals surface area contributed by atoms with Crippen LogP contribution in [0.25, 0.3) is 0 Å². The van der Waals surface area contributed by atoms with Gasteiger partial charge in [0.1, 0.15) is 0 Å². The van der Waals surface area contributed by atoms with Gasteiger partial charge in [0.15, 0.2) is 0 Å². The Morgan fingerprint density at radius 1 is 0.979 bits per heavy atom. The lowest BCUT2D eigenvalue weighted by Crippen LogP contribution is -2.46. The summed E-state index contributed by atoms with van der Waals surface area (Å²) in [4.78, 5) is 2.53. The first-order valence-corrected chi connectivity index (χ1v) is 17.3. The van der Waals surface area contributed by atoms with Crippen LogP contribution in [-0.2, 0) is 6.42 Å². The van der Waals surface area contributed by atoms with Crippen molar-refractivity contribution in [2.75, 3.05) is 46.3 Å². The molecule has 1 aliphatic heterocycles. The Labute approximate surface area is 294 Å². The monoisotopic (exact) mass is 663 g/mol. The van der Waals surface area contributed by atoms with Crippen molar-refractivity contribution in [1.29, 1.82) is 5.41 Å². The van der Waals surface area contributed by atoms with Crippen molar-refractivity contribution >= 4 is 6.34 Å². The smallest absolute Gasteiger partial charge is 0.0780 e. The van der Waals surface area contributed by atoms with E-state index in [2.05, 4.69) is 147 Å². The predicted octanol–water partition coefficient (Wildman–Crippen LogP) is 6.55. The lowest BCUT2D eigenvalue weighted by atomic mass is 9.98. The van der Waals surface area contributed by atoms with Gasteiger partial charge in [-0.2, -0.15) is 0 Å². The number of nitrogens with two attached hydrogens (primary N) is 2. The van der Waals surface area contributed by atoms with Crippen LogP contribution in [0, 0.1) is 24.2 Å². The number of allylic oxidation sites excluding steroid dienone is 2. The molecule has 0 aliphatic carbocycles. The molecular formula is C40H70N8. The number of benzene rings is 2. The third-order valence-electron chi connectivity index (χ3n) is 6.71. The molecule has 270 valence electrons. The highest BCUT2D eigenvalue weighted by Crippen LogP contribution is 2.15. The van der Waals surface area contributed by atoms with E-state index < -0.39 is 0 Å². The molecule has 0 spiro atoms. The first-order chi connectivity index (χ1) is 23.0. The molecule has 2 aromatic rings. The topological polar surface area (TPSA) is 127 Å². The van der Waals surface area contributed by atoms with E-state index in [0.29, 0.717) is 12.5 Å². The zero-order valence-electron chi connectivity index (χ0n) is 31.3. The molecule has 1 saturated heterocycles. The minimum atomic E-state index is 0.201. The summed E-state index contributed by atoms with van der Waals surface area (Å²) >= 11 is 0. The van der Waals surface area contributed by atoms with Gasteiger partial charge < -0.3 is 37.6 Å². The molecular weight excluding hydrogens is 592 g/mol. The Kier molecular flexibility index (Phi) is 30.3. The van der Waals surface area contributed by atoms with E-state index in [0.717, 1.165) is 69.2 Å². The number of aryl methyl sites for hydroxylation is 1. The van der Waals surface area contributed by atoms with Crippen molar-refractivity contribution in [3.05, 3.63) is 121 Å². The van der Waals surface area contributed by atoms with Crippen LogP contribution >= 0.6 is 0 Å². The molecule has 9 N–H and O–H groups in total. The number of likely N-dealkylation sites (N-methyl/N-ethyl adjacent to an activating group) is 1. The molecule has 0 amide bonds.